The molecule has 0 saturated heterocycles. The van der Waals surface area contributed by atoms with Crippen LogP contribution < -0.4 is 5.32 Å². The maximum atomic E-state index is 12.5. The summed E-state index contributed by atoms with van der Waals surface area (Å²) >= 11 is 6.02. The molecule has 0 radical (unpaired) electrons. The molecule has 2 rings (SSSR count). The molecular weight excluding hydrogens is 296 g/mol. The third kappa shape index (κ3) is 3.47. The second-order valence-electron chi connectivity index (χ2n) is 5.92. The van der Waals surface area contributed by atoms with Crippen molar-refractivity contribution in [3.05, 3.63) is 58.4 Å². The number of hydrogen-bond acceptors (Lipinski definition) is 2. The van der Waals surface area contributed by atoms with Gasteiger partial charge in [-0.05, 0) is 35.1 Å². The molecule has 1 amide bonds. The molecule has 0 saturated carbocycles. The van der Waals surface area contributed by atoms with Crippen LogP contribution in [0.3, 0.4) is 0 Å². The lowest BCUT2D eigenvalue weighted by Crippen LogP contribution is -2.16. The summed E-state index contributed by atoms with van der Waals surface area (Å²) in [5.74, 6) is 0.407. The first kappa shape index (κ1) is 16.5. The number of nitrogens with zero attached hydrogens (tertiary/aromatic N) is 1. The fourth-order valence-electron chi connectivity index (χ4n) is 2.43. The third-order valence-corrected chi connectivity index (χ3v) is 3.92. The van der Waals surface area contributed by atoms with Gasteiger partial charge in [-0.25, -0.2) is 4.98 Å². The molecule has 116 valence electrons. The minimum absolute atomic E-state index is 0.216. The molecule has 0 spiro atoms. The van der Waals surface area contributed by atoms with Crippen molar-refractivity contribution in [1.82, 2.24) is 4.98 Å². The third-order valence-electron chi connectivity index (χ3n) is 3.62. The normalized spacial score (nSPS) is 11.0. The molecule has 0 aliphatic heterocycles. The highest BCUT2D eigenvalue weighted by atomic mass is 35.5. The largest absolute Gasteiger partial charge is 0.321 e. The first-order valence-electron chi connectivity index (χ1n) is 7.46. The van der Waals surface area contributed by atoms with Crippen molar-refractivity contribution in [3.63, 3.8) is 0 Å². The Morgan fingerprint density at radius 2 is 1.64 bits per heavy atom. The molecule has 0 bridgehead atoms. The zero-order valence-corrected chi connectivity index (χ0v) is 14.1. The van der Waals surface area contributed by atoms with Crippen LogP contribution in [0.2, 0.25) is 5.15 Å². The second kappa shape index (κ2) is 6.93. The summed E-state index contributed by atoms with van der Waals surface area (Å²) in [6.07, 6.45) is 1.57. The van der Waals surface area contributed by atoms with E-state index in [1.807, 2.05) is 6.07 Å². The predicted molar refractivity (Wildman–Crippen MR) is 91.8 cm³/mol. The van der Waals surface area contributed by atoms with Gasteiger partial charge in [0.05, 0.1) is 5.56 Å². The van der Waals surface area contributed by atoms with Crippen molar-refractivity contribution in [2.75, 3.05) is 5.32 Å². The van der Waals surface area contributed by atoms with Crippen molar-refractivity contribution in [3.8, 4) is 0 Å². The van der Waals surface area contributed by atoms with E-state index in [4.69, 9.17) is 11.6 Å². The van der Waals surface area contributed by atoms with Gasteiger partial charge in [0.1, 0.15) is 5.15 Å². The molecule has 1 N–H and O–H groups in total. The highest BCUT2D eigenvalue weighted by Gasteiger charge is 2.18. The number of amides is 1. The molecule has 1 aromatic heterocycles. The van der Waals surface area contributed by atoms with Crippen LogP contribution in [-0.2, 0) is 0 Å². The van der Waals surface area contributed by atoms with Crippen LogP contribution in [0, 0.1) is 0 Å². The van der Waals surface area contributed by atoms with Crippen LogP contribution in [0.15, 0.2) is 36.5 Å². The van der Waals surface area contributed by atoms with Gasteiger partial charge in [-0.1, -0.05) is 57.5 Å². The highest BCUT2D eigenvalue weighted by molar-refractivity contribution is 6.33. The molecule has 0 fully saturated rings. The van der Waals surface area contributed by atoms with Gasteiger partial charge in [0.15, 0.2) is 0 Å². The van der Waals surface area contributed by atoms with Gasteiger partial charge in [-0.2, -0.15) is 0 Å². The summed E-state index contributed by atoms with van der Waals surface area (Å²) in [7, 11) is 0. The quantitative estimate of drug-likeness (QED) is 0.784. The number of carbonyl (C=O) groups excluding carboxylic acids is 1. The Kier molecular flexibility index (Phi) is 5.19. The van der Waals surface area contributed by atoms with Gasteiger partial charge in [0, 0.05) is 11.9 Å². The molecule has 1 aromatic carbocycles. The van der Waals surface area contributed by atoms with Gasteiger partial charge < -0.3 is 5.32 Å². The van der Waals surface area contributed by atoms with Crippen LogP contribution in [0.4, 0.5) is 5.69 Å². The van der Waals surface area contributed by atoms with Crippen LogP contribution in [0.25, 0.3) is 0 Å². The Hall–Kier alpha value is -1.87. The van der Waals surface area contributed by atoms with E-state index in [1.54, 1.807) is 18.3 Å². The molecule has 3 nitrogen and oxygen atoms in total. The smallest absolute Gasteiger partial charge is 0.258 e. The lowest BCUT2D eigenvalue weighted by molar-refractivity contribution is 0.102. The van der Waals surface area contributed by atoms with Gasteiger partial charge in [-0.15, -0.1) is 0 Å². The van der Waals surface area contributed by atoms with E-state index in [0.29, 0.717) is 17.4 Å². The zero-order valence-electron chi connectivity index (χ0n) is 13.4. The van der Waals surface area contributed by atoms with E-state index in [2.05, 4.69) is 50.1 Å². The molecule has 0 atom stereocenters. The lowest BCUT2D eigenvalue weighted by atomic mass is 9.92. The Bertz CT molecular complexity index is 654. The number of pyridine rings is 1. The molecule has 22 heavy (non-hydrogen) atoms. The number of nitrogens with one attached hydrogen (secondary N) is 1. The fourth-order valence-corrected chi connectivity index (χ4v) is 2.64. The molecule has 0 aliphatic carbocycles. The SMILES string of the molecule is CC(C)c1cccc(C(C)C)c1NC(=O)c1cccnc1Cl. The van der Waals surface area contributed by atoms with E-state index in [-0.39, 0.29) is 11.1 Å². The summed E-state index contributed by atoms with van der Waals surface area (Å²) in [6.45, 7) is 8.47. The molecule has 2 aromatic rings. The van der Waals surface area contributed by atoms with Crippen LogP contribution in [-0.4, -0.2) is 10.9 Å². The number of aromatic nitrogens is 1. The van der Waals surface area contributed by atoms with E-state index < -0.39 is 0 Å². The fraction of sp³-hybridized carbons (Fsp3) is 0.333. The van der Waals surface area contributed by atoms with Crippen molar-refractivity contribution in [1.29, 1.82) is 0 Å². The zero-order chi connectivity index (χ0) is 16.3. The van der Waals surface area contributed by atoms with Crippen LogP contribution in [0.5, 0.6) is 0 Å². The van der Waals surface area contributed by atoms with Crippen molar-refractivity contribution < 1.29 is 4.79 Å². The maximum absolute atomic E-state index is 12.5. The van der Waals surface area contributed by atoms with Gasteiger partial charge in [0.25, 0.3) is 5.91 Å². The summed E-state index contributed by atoms with van der Waals surface area (Å²) < 4.78 is 0. The number of hydrogen-bond donors (Lipinski definition) is 1. The summed E-state index contributed by atoms with van der Waals surface area (Å²) in [5.41, 5.74) is 3.52. The van der Waals surface area contributed by atoms with Gasteiger partial charge >= 0.3 is 0 Å². The predicted octanol–water partition coefficient (Wildman–Crippen LogP) is 5.23. The summed E-state index contributed by atoms with van der Waals surface area (Å²) in [5, 5.41) is 3.25. The number of para-hydroxylation sites is 1. The van der Waals surface area contributed by atoms with Gasteiger partial charge in [0.2, 0.25) is 0 Å². The van der Waals surface area contributed by atoms with E-state index in [9.17, 15) is 4.79 Å². The lowest BCUT2D eigenvalue weighted by Gasteiger charge is -2.20. The Morgan fingerprint density at radius 1 is 1.05 bits per heavy atom. The maximum Gasteiger partial charge on any atom is 0.258 e. The summed E-state index contributed by atoms with van der Waals surface area (Å²) in [4.78, 5) is 16.5. The van der Waals surface area contributed by atoms with Crippen molar-refractivity contribution in [2.24, 2.45) is 0 Å². The number of halogens is 1. The molecule has 4 heteroatoms. The number of rotatable bonds is 4. The summed E-state index contributed by atoms with van der Waals surface area (Å²) in [6, 6.07) is 9.53. The first-order chi connectivity index (χ1) is 10.4. The first-order valence-corrected chi connectivity index (χ1v) is 7.84. The van der Waals surface area contributed by atoms with E-state index in [1.165, 1.54) is 0 Å². The minimum Gasteiger partial charge on any atom is -0.321 e. The highest BCUT2D eigenvalue weighted by Crippen LogP contribution is 2.32. The number of benzene rings is 1. The Morgan fingerprint density at radius 3 is 2.14 bits per heavy atom. The van der Waals surface area contributed by atoms with Crippen molar-refractivity contribution in [2.45, 2.75) is 39.5 Å². The topological polar surface area (TPSA) is 42.0 Å². The molecule has 1 heterocycles. The van der Waals surface area contributed by atoms with Crippen molar-refractivity contribution >= 4 is 23.2 Å². The monoisotopic (exact) mass is 316 g/mol. The molecule has 0 aliphatic rings. The Balaban J connectivity index is 2.44. The van der Waals surface area contributed by atoms with Crippen LogP contribution in [0.1, 0.15) is 61.0 Å². The molecule has 0 unspecified atom stereocenters. The number of anilines is 1. The van der Waals surface area contributed by atoms with Gasteiger partial charge in [-0.3, -0.25) is 4.79 Å². The second-order valence-corrected chi connectivity index (χ2v) is 6.27. The standard InChI is InChI=1S/C18H21ClN2O/c1-11(2)13-7-5-8-14(12(3)4)16(13)21-18(22)15-9-6-10-20-17(15)19/h5-12H,1-4H3,(H,21,22). The average molecular weight is 317 g/mol. The van der Waals surface area contributed by atoms with E-state index in [0.717, 1.165) is 16.8 Å². The molecular formula is C18H21ClN2O. The van der Waals surface area contributed by atoms with Crippen LogP contribution >= 0.6 is 11.6 Å². The van der Waals surface area contributed by atoms with E-state index >= 15 is 0 Å². The average Bonchev–Trinajstić information content (AvgIpc) is 2.47. The minimum atomic E-state index is -0.229. The Labute approximate surface area is 136 Å². The number of carbonyl (C=O) groups is 1.